The summed E-state index contributed by atoms with van der Waals surface area (Å²) >= 11 is 0. The Labute approximate surface area is 183 Å². The molecule has 1 heteroatoms. The van der Waals surface area contributed by atoms with Crippen LogP contribution in [0.3, 0.4) is 0 Å². The van der Waals surface area contributed by atoms with Gasteiger partial charge in [0, 0.05) is 17.3 Å². The number of benzene rings is 3. The largest absolute Gasteiger partial charge is 0.355 e. The molecule has 0 aromatic heterocycles. The molecule has 2 atom stereocenters. The second-order valence-electron chi connectivity index (χ2n) is 9.37. The van der Waals surface area contributed by atoms with Gasteiger partial charge in [0.25, 0.3) is 0 Å². The highest BCUT2D eigenvalue weighted by Gasteiger charge is 2.26. The van der Waals surface area contributed by atoms with E-state index in [0.29, 0.717) is 5.92 Å². The summed E-state index contributed by atoms with van der Waals surface area (Å²) in [5, 5.41) is 3.80. The van der Waals surface area contributed by atoms with Gasteiger partial charge in [0.2, 0.25) is 0 Å². The lowest BCUT2D eigenvalue weighted by Gasteiger charge is -2.31. The number of rotatable bonds is 9. The molecule has 3 rings (SSSR count). The van der Waals surface area contributed by atoms with Crippen molar-refractivity contribution in [2.24, 2.45) is 5.92 Å². The second kappa shape index (κ2) is 9.98. The Hall–Kier alpha value is -2.54. The van der Waals surface area contributed by atoms with Gasteiger partial charge in [-0.05, 0) is 46.6 Å². The molecule has 0 fully saturated rings. The Morgan fingerprint density at radius 3 is 2.07 bits per heavy atom. The van der Waals surface area contributed by atoms with Gasteiger partial charge in [0.1, 0.15) is 0 Å². The Morgan fingerprint density at radius 1 is 0.767 bits per heavy atom. The summed E-state index contributed by atoms with van der Waals surface area (Å²) in [4.78, 5) is 0. The van der Waals surface area contributed by atoms with Crippen LogP contribution in [-0.2, 0) is 5.41 Å². The molecular weight excluding hydrogens is 362 g/mol. The molecule has 30 heavy (non-hydrogen) atoms. The van der Waals surface area contributed by atoms with Crippen LogP contribution in [0.15, 0.2) is 78.9 Å². The molecule has 0 amide bonds. The van der Waals surface area contributed by atoms with E-state index < -0.39 is 0 Å². The highest BCUT2D eigenvalue weighted by Crippen LogP contribution is 2.39. The predicted octanol–water partition coefficient (Wildman–Crippen LogP) is 8.69. The molecule has 2 unspecified atom stereocenters. The van der Waals surface area contributed by atoms with Crippen LogP contribution < -0.4 is 5.32 Å². The molecule has 0 saturated carbocycles. The first-order valence-electron chi connectivity index (χ1n) is 11.4. The summed E-state index contributed by atoms with van der Waals surface area (Å²) < 4.78 is 0. The van der Waals surface area contributed by atoms with Gasteiger partial charge in [-0.3, -0.25) is 0 Å². The van der Waals surface area contributed by atoms with E-state index in [1.165, 1.54) is 47.3 Å². The molecule has 1 nitrogen and oxygen atoms in total. The predicted molar refractivity (Wildman–Crippen MR) is 132 cm³/mol. The van der Waals surface area contributed by atoms with Gasteiger partial charge in [0.15, 0.2) is 0 Å². The van der Waals surface area contributed by atoms with E-state index >= 15 is 0 Å². The molecule has 0 saturated heterocycles. The highest BCUT2D eigenvalue weighted by atomic mass is 14.9. The molecule has 0 aliphatic rings. The first-order valence-corrected chi connectivity index (χ1v) is 11.4. The lowest BCUT2D eigenvalue weighted by molar-refractivity contribution is 0.362. The van der Waals surface area contributed by atoms with Crippen LogP contribution in [-0.4, -0.2) is 0 Å². The maximum Gasteiger partial charge on any atom is 0.0423 e. The normalized spacial score (nSPS) is 13.6. The van der Waals surface area contributed by atoms with E-state index in [0.717, 1.165) is 5.92 Å². The lowest BCUT2D eigenvalue weighted by atomic mass is 9.76. The number of nitrogens with one attached hydrogen (secondary N) is 1. The third-order valence-electron chi connectivity index (χ3n) is 6.29. The average Bonchev–Trinajstić information content (AvgIpc) is 2.74. The van der Waals surface area contributed by atoms with Crippen molar-refractivity contribution in [3.8, 4) is 0 Å². The van der Waals surface area contributed by atoms with E-state index in [9.17, 15) is 0 Å². The van der Waals surface area contributed by atoms with Crippen LogP contribution in [0.5, 0.6) is 0 Å². The first kappa shape index (κ1) is 22.2. The number of para-hydroxylation sites is 2. The topological polar surface area (TPSA) is 12.0 Å². The van der Waals surface area contributed by atoms with Crippen molar-refractivity contribution in [3.05, 3.63) is 95.6 Å². The Bertz CT molecular complexity index is 926. The number of anilines is 2. The minimum Gasteiger partial charge on any atom is -0.355 e. The Morgan fingerprint density at radius 2 is 1.37 bits per heavy atom. The summed E-state index contributed by atoms with van der Waals surface area (Å²) in [6.07, 6.45) is 3.74. The van der Waals surface area contributed by atoms with Crippen LogP contribution in [0.2, 0.25) is 0 Å². The van der Waals surface area contributed by atoms with Crippen LogP contribution >= 0.6 is 0 Å². The standard InChI is InChI=1S/C29H37N/c1-6-14-22(2)21-29(4,5)26-18-11-13-20-28(26)30-27-19-12-10-17-25(27)23(3)24-15-8-7-9-16-24/h7-13,15-20,22-23,30H,6,14,21H2,1-5H3. The van der Waals surface area contributed by atoms with Gasteiger partial charge in [-0.15, -0.1) is 0 Å². The van der Waals surface area contributed by atoms with Crippen molar-refractivity contribution in [2.45, 2.75) is 65.2 Å². The summed E-state index contributed by atoms with van der Waals surface area (Å²) in [5.41, 5.74) is 6.61. The fourth-order valence-electron chi connectivity index (χ4n) is 4.81. The molecule has 158 valence electrons. The SMILES string of the molecule is CCCC(C)CC(C)(C)c1ccccc1Nc1ccccc1C(C)c1ccccc1. The summed E-state index contributed by atoms with van der Waals surface area (Å²) in [7, 11) is 0. The molecule has 3 aromatic carbocycles. The van der Waals surface area contributed by atoms with Crippen LogP contribution in [0.4, 0.5) is 11.4 Å². The Balaban J connectivity index is 1.92. The van der Waals surface area contributed by atoms with Crippen LogP contribution in [0, 0.1) is 5.92 Å². The minimum atomic E-state index is 0.123. The number of hydrogen-bond acceptors (Lipinski definition) is 1. The molecule has 1 N–H and O–H groups in total. The second-order valence-corrected chi connectivity index (χ2v) is 9.37. The average molecular weight is 400 g/mol. The van der Waals surface area contributed by atoms with Gasteiger partial charge in [-0.25, -0.2) is 0 Å². The third kappa shape index (κ3) is 5.33. The quantitative estimate of drug-likeness (QED) is 0.379. The molecule has 3 aromatic rings. The monoisotopic (exact) mass is 399 g/mol. The zero-order chi connectivity index (χ0) is 21.6. The van der Waals surface area contributed by atoms with Crippen molar-refractivity contribution in [1.29, 1.82) is 0 Å². The van der Waals surface area contributed by atoms with Crippen LogP contribution in [0.25, 0.3) is 0 Å². The van der Waals surface area contributed by atoms with E-state index in [4.69, 9.17) is 0 Å². The van der Waals surface area contributed by atoms with Crippen molar-refractivity contribution in [3.63, 3.8) is 0 Å². The van der Waals surface area contributed by atoms with E-state index in [1.54, 1.807) is 0 Å². The van der Waals surface area contributed by atoms with Crippen molar-refractivity contribution >= 4 is 11.4 Å². The van der Waals surface area contributed by atoms with Crippen molar-refractivity contribution < 1.29 is 0 Å². The fraction of sp³-hybridized carbons (Fsp3) is 0.379. The number of hydrogen-bond donors (Lipinski definition) is 1. The smallest absolute Gasteiger partial charge is 0.0423 e. The first-order chi connectivity index (χ1) is 14.4. The summed E-state index contributed by atoms with van der Waals surface area (Å²) in [6.45, 7) is 11.7. The van der Waals surface area contributed by atoms with Crippen molar-refractivity contribution in [1.82, 2.24) is 0 Å². The van der Waals surface area contributed by atoms with E-state index in [-0.39, 0.29) is 5.41 Å². The fourth-order valence-corrected chi connectivity index (χ4v) is 4.81. The molecular formula is C29H37N. The molecule has 0 aliphatic carbocycles. The molecule has 0 bridgehead atoms. The van der Waals surface area contributed by atoms with Gasteiger partial charge in [-0.2, -0.15) is 0 Å². The molecule has 0 aliphatic heterocycles. The highest BCUT2D eigenvalue weighted by molar-refractivity contribution is 5.68. The zero-order valence-electron chi connectivity index (χ0n) is 19.3. The van der Waals surface area contributed by atoms with Gasteiger partial charge in [-0.1, -0.05) is 114 Å². The van der Waals surface area contributed by atoms with Gasteiger partial charge >= 0.3 is 0 Å². The van der Waals surface area contributed by atoms with Crippen molar-refractivity contribution in [2.75, 3.05) is 5.32 Å². The zero-order valence-corrected chi connectivity index (χ0v) is 19.3. The van der Waals surface area contributed by atoms with Crippen LogP contribution in [0.1, 0.15) is 76.5 Å². The Kier molecular flexibility index (Phi) is 7.37. The van der Waals surface area contributed by atoms with E-state index in [2.05, 4.69) is 119 Å². The summed E-state index contributed by atoms with van der Waals surface area (Å²) in [6, 6.07) is 28.3. The summed E-state index contributed by atoms with van der Waals surface area (Å²) in [5.74, 6) is 1.06. The third-order valence-corrected chi connectivity index (χ3v) is 6.29. The molecule has 0 spiro atoms. The van der Waals surface area contributed by atoms with Gasteiger partial charge in [0.05, 0.1) is 0 Å². The molecule has 0 radical (unpaired) electrons. The molecule has 0 heterocycles. The maximum atomic E-state index is 3.80. The lowest BCUT2D eigenvalue weighted by Crippen LogP contribution is -2.22. The van der Waals surface area contributed by atoms with Gasteiger partial charge < -0.3 is 5.32 Å². The minimum absolute atomic E-state index is 0.123. The maximum absolute atomic E-state index is 3.80. The van der Waals surface area contributed by atoms with E-state index in [1.807, 2.05) is 0 Å².